The van der Waals surface area contributed by atoms with E-state index in [1.807, 2.05) is 37.3 Å². The Balaban J connectivity index is 1.76. The highest BCUT2D eigenvalue weighted by molar-refractivity contribution is 5.99. The number of methoxy groups -OCH3 is 1. The third-order valence-electron chi connectivity index (χ3n) is 4.83. The average Bonchev–Trinajstić information content (AvgIpc) is 3.16. The molecular weight excluding hydrogens is 392 g/mol. The molecule has 0 bridgehead atoms. The molecular formula is C24H28N4O3. The van der Waals surface area contributed by atoms with Gasteiger partial charge in [0.05, 0.1) is 25.0 Å². The Bertz CT molecular complexity index is 1100. The molecule has 0 saturated carbocycles. The fourth-order valence-electron chi connectivity index (χ4n) is 3.04. The van der Waals surface area contributed by atoms with Crippen molar-refractivity contribution in [3.63, 3.8) is 0 Å². The second kappa shape index (κ2) is 9.04. The molecule has 162 valence electrons. The van der Waals surface area contributed by atoms with Gasteiger partial charge in [-0.05, 0) is 36.8 Å². The zero-order chi connectivity index (χ0) is 22.6. The van der Waals surface area contributed by atoms with Crippen LogP contribution >= 0.6 is 0 Å². The van der Waals surface area contributed by atoms with E-state index in [1.54, 1.807) is 28.9 Å². The molecule has 0 unspecified atom stereocenters. The van der Waals surface area contributed by atoms with Gasteiger partial charge in [-0.15, -0.1) is 0 Å². The Labute approximate surface area is 182 Å². The summed E-state index contributed by atoms with van der Waals surface area (Å²) in [5, 5.41) is 10.3. The summed E-state index contributed by atoms with van der Waals surface area (Å²) < 4.78 is 6.87. The van der Waals surface area contributed by atoms with E-state index in [2.05, 4.69) is 31.4 Å². The van der Waals surface area contributed by atoms with Crippen molar-refractivity contribution < 1.29 is 14.3 Å². The van der Waals surface area contributed by atoms with Crippen molar-refractivity contribution in [2.45, 2.75) is 33.1 Å². The molecule has 2 aromatic carbocycles. The number of hydrogen-bond donors (Lipinski definition) is 2. The van der Waals surface area contributed by atoms with Gasteiger partial charge in [-0.3, -0.25) is 9.59 Å². The number of carbonyl (C=O) groups excluding carboxylic acids is 2. The first-order valence-corrected chi connectivity index (χ1v) is 10.1. The van der Waals surface area contributed by atoms with E-state index in [4.69, 9.17) is 9.84 Å². The number of rotatable bonds is 6. The van der Waals surface area contributed by atoms with Crippen molar-refractivity contribution >= 4 is 17.6 Å². The standard InChI is InChI=1S/C24H28N4O3/c1-16-9-6-7-12-19(16)28-21(14-20(27-28)24(2,3)4)26-22(29)15-25-23(30)17-10-8-11-18(13-17)31-5/h6-14H,15H2,1-5H3,(H,25,30)(H,26,29). The van der Waals surface area contributed by atoms with Gasteiger partial charge in [0.15, 0.2) is 0 Å². The van der Waals surface area contributed by atoms with Gasteiger partial charge in [0.2, 0.25) is 5.91 Å². The van der Waals surface area contributed by atoms with Crippen LogP contribution in [0, 0.1) is 6.92 Å². The zero-order valence-electron chi connectivity index (χ0n) is 18.5. The van der Waals surface area contributed by atoms with Gasteiger partial charge in [-0.1, -0.05) is 45.0 Å². The molecule has 3 rings (SSSR count). The van der Waals surface area contributed by atoms with Crippen molar-refractivity contribution in [3.05, 3.63) is 71.4 Å². The Hall–Kier alpha value is -3.61. The lowest BCUT2D eigenvalue weighted by molar-refractivity contribution is -0.115. The lowest BCUT2D eigenvalue weighted by Crippen LogP contribution is -2.33. The second-order valence-corrected chi connectivity index (χ2v) is 8.33. The summed E-state index contributed by atoms with van der Waals surface area (Å²) in [5.41, 5.74) is 3.01. The van der Waals surface area contributed by atoms with Crippen molar-refractivity contribution in [3.8, 4) is 11.4 Å². The van der Waals surface area contributed by atoms with Crippen molar-refractivity contribution in [2.24, 2.45) is 0 Å². The van der Waals surface area contributed by atoms with E-state index in [1.165, 1.54) is 7.11 Å². The Morgan fingerprint density at radius 1 is 1.06 bits per heavy atom. The quantitative estimate of drug-likeness (QED) is 0.634. The van der Waals surface area contributed by atoms with Crippen LogP contribution in [0.25, 0.3) is 5.69 Å². The average molecular weight is 421 g/mol. The summed E-state index contributed by atoms with van der Waals surface area (Å²) >= 11 is 0. The van der Waals surface area contributed by atoms with E-state index in [0.29, 0.717) is 17.1 Å². The number of aryl methyl sites for hydroxylation is 1. The van der Waals surface area contributed by atoms with E-state index >= 15 is 0 Å². The van der Waals surface area contributed by atoms with Gasteiger partial charge in [-0.25, -0.2) is 4.68 Å². The van der Waals surface area contributed by atoms with Gasteiger partial charge in [0.25, 0.3) is 5.91 Å². The van der Waals surface area contributed by atoms with E-state index in [-0.39, 0.29) is 23.8 Å². The van der Waals surface area contributed by atoms with Crippen LogP contribution < -0.4 is 15.4 Å². The third-order valence-corrected chi connectivity index (χ3v) is 4.83. The number of hydrogen-bond acceptors (Lipinski definition) is 4. The molecule has 0 saturated heterocycles. The number of para-hydroxylation sites is 1. The molecule has 0 atom stereocenters. The maximum absolute atomic E-state index is 12.6. The summed E-state index contributed by atoms with van der Waals surface area (Å²) in [6.45, 7) is 8.03. The molecule has 0 fully saturated rings. The van der Waals surface area contributed by atoms with E-state index in [0.717, 1.165) is 16.9 Å². The number of carbonyl (C=O) groups is 2. The van der Waals surface area contributed by atoms with Gasteiger partial charge >= 0.3 is 0 Å². The van der Waals surface area contributed by atoms with Crippen LogP contribution in [-0.4, -0.2) is 35.2 Å². The number of anilines is 1. The summed E-state index contributed by atoms with van der Waals surface area (Å²) in [6.07, 6.45) is 0. The van der Waals surface area contributed by atoms with Crippen LogP contribution in [0.5, 0.6) is 5.75 Å². The molecule has 0 aliphatic carbocycles. The maximum atomic E-state index is 12.6. The van der Waals surface area contributed by atoms with Crippen molar-refractivity contribution in [1.82, 2.24) is 15.1 Å². The summed E-state index contributed by atoms with van der Waals surface area (Å²) in [6, 6.07) is 16.5. The van der Waals surface area contributed by atoms with E-state index < -0.39 is 0 Å². The molecule has 2 N–H and O–H groups in total. The molecule has 0 aliphatic heterocycles. The molecule has 1 heterocycles. The SMILES string of the molecule is COc1cccc(C(=O)NCC(=O)Nc2cc(C(C)(C)C)nn2-c2ccccc2C)c1. The number of ether oxygens (including phenoxy) is 1. The number of amides is 2. The largest absolute Gasteiger partial charge is 0.497 e. The highest BCUT2D eigenvalue weighted by Crippen LogP contribution is 2.27. The molecule has 0 spiro atoms. The highest BCUT2D eigenvalue weighted by Gasteiger charge is 2.22. The van der Waals surface area contributed by atoms with Crippen LogP contribution in [0.3, 0.4) is 0 Å². The first kappa shape index (κ1) is 22.1. The minimum Gasteiger partial charge on any atom is -0.497 e. The van der Waals surface area contributed by atoms with Crippen LogP contribution in [0.15, 0.2) is 54.6 Å². The molecule has 0 aliphatic rings. The maximum Gasteiger partial charge on any atom is 0.251 e. The van der Waals surface area contributed by atoms with Crippen LogP contribution in [0.4, 0.5) is 5.82 Å². The topological polar surface area (TPSA) is 85.2 Å². The molecule has 0 radical (unpaired) electrons. The predicted molar refractivity (Wildman–Crippen MR) is 121 cm³/mol. The second-order valence-electron chi connectivity index (χ2n) is 8.33. The number of nitrogens with zero attached hydrogens (tertiary/aromatic N) is 2. The van der Waals surface area contributed by atoms with Gasteiger partial charge in [0, 0.05) is 17.0 Å². The molecule has 2 amide bonds. The van der Waals surface area contributed by atoms with Crippen LogP contribution in [-0.2, 0) is 10.2 Å². The van der Waals surface area contributed by atoms with Crippen LogP contribution in [0.1, 0.15) is 42.4 Å². The highest BCUT2D eigenvalue weighted by atomic mass is 16.5. The fraction of sp³-hybridized carbons (Fsp3) is 0.292. The molecule has 1 aromatic heterocycles. The smallest absolute Gasteiger partial charge is 0.251 e. The lowest BCUT2D eigenvalue weighted by atomic mass is 9.92. The summed E-state index contributed by atoms with van der Waals surface area (Å²) in [5.74, 6) is 0.442. The van der Waals surface area contributed by atoms with Crippen molar-refractivity contribution in [1.29, 1.82) is 0 Å². The van der Waals surface area contributed by atoms with Gasteiger partial charge in [0.1, 0.15) is 11.6 Å². The Morgan fingerprint density at radius 3 is 2.48 bits per heavy atom. The minimum atomic E-state index is -0.350. The lowest BCUT2D eigenvalue weighted by Gasteiger charge is -2.14. The summed E-state index contributed by atoms with van der Waals surface area (Å²) in [4.78, 5) is 25.0. The molecule has 3 aromatic rings. The predicted octanol–water partition coefficient (Wildman–Crippen LogP) is 3.86. The van der Waals surface area contributed by atoms with Gasteiger partial charge in [-0.2, -0.15) is 5.10 Å². The first-order valence-electron chi connectivity index (χ1n) is 10.1. The fourth-order valence-corrected chi connectivity index (χ4v) is 3.04. The number of nitrogens with one attached hydrogen (secondary N) is 2. The number of benzene rings is 2. The van der Waals surface area contributed by atoms with Crippen LogP contribution in [0.2, 0.25) is 0 Å². The van der Waals surface area contributed by atoms with Gasteiger partial charge < -0.3 is 15.4 Å². The minimum absolute atomic E-state index is 0.167. The summed E-state index contributed by atoms with van der Waals surface area (Å²) in [7, 11) is 1.54. The Morgan fingerprint density at radius 2 is 1.81 bits per heavy atom. The third kappa shape index (κ3) is 5.31. The van der Waals surface area contributed by atoms with Crippen molar-refractivity contribution in [2.75, 3.05) is 19.0 Å². The normalized spacial score (nSPS) is 11.1. The Kier molecular flexibility index (Phi) is 6.44. The molecule has 31 heavy (non-hydrogen) atoms. The zero-order valence-corrected chi connectivity index (χ0v) is 18.5. The molecule has 7 nitrogen and oxygen atoms in total. The molecule has 7 heteroatoms. The monoisotopic (exact) mass is 420 g/mol. The first-order chi connectivity index (χ1) is 14.7. The van der Waals surface area contributed by atoms with E-state index in [9.17, 15) is 9.59 Å². The number of aromatic nitrogens is 2.